The number of amides is 1. The summed E-state index contributed by atoms with van der Waals surface area (Å²) in [7, 11) is 1.69. The van der Waals surface area contributed by atoms with Crippen LogP contribution in [0.5, 0.6) is 0 Å². The van der Waals surface area contributed by atoms with Crippen LogP contribution in [0.4, 0.5) is 5.82 Å². The van der Waals surface area contributed by atoms with Crippen LogP contribution in [0.3, 0.4) is 0 Å². The van der Waals surface area contributed by atoms with Crippen LogP contribution >= 0.6 is 0 Å². The van der Waals surface area contributed by atoms with E-state index < -0.39 is 5.54 Å². The highest BCUT2D eigenvalue weighted by Gasteiger charge is 2.28. The van der Waals surface area contributed by atoms with Gasteiger partial charge in [0.05, 0.1) is 17.7 Å². The van der Waals surface area contributed by atoms with Gasteiger partial charge in [-0.2, -0.15) is 0 Å². The molecule has 106 valence electrons. The minimum absolute atomic E-state index is 0.0901. The standard InChI is InChI=1S/C14H23N3O2/c1-5-8-15-12-11(7-6-9-16-12)13(19)17(4)14(2,3)10-18/h6-7,9,18H,5,8,10H2,1-4H3,(H,15,16). The molecular weight excluding hydrogens is 242 g/mol. The Morgan fingerprint density at radius 1 is 1.53 bits per heavy atom. The third-order valence-corrected chi connectivity index (χ3v) is 3.18. The maximum absolute atomic E-state index is 12.5. The Morgan fingerprint density at radius 3 is 2.79 bits per heavy atom. The number of pyridine rings is 1. The number of aliphatic hydroxyl groups is 1. The number of nitrogens with one attached hydrogen (secondary N) is 1. The van der Waals surface area contributed by atoms with Crippen LogP contribution in [0, 0.1) is 0 Å². The van der Waals surface area contributed by atoms with Gasteiger partial charge in [0.1, 0.15) is 5.82 Å². The quantitative estimate of drug-likeness (QED) is 0.822. The Labute approximate surface area is 114 Å². The van der Waals surface area contributed by atoms with E-state index in [2.05, 4.69) is 17.2 Å². The SMILES string of the molecule is CCCNc1ncccc1C(=O)N(C)C(C)(C)CO. The molecule has 1 heterocycles. The first-order valence-corrected chi connectivity index (χ1v) is 6.52. The van der Waals surface area contributed by atoms with E-state index in [1.54, 1.807) is 30.3 Å². The van der Waals surface area contributed by atoms with Crippen LogP contribution in [0.15, 0.2) is 18.3 Å². The van der Waals surface area contributed by atoms with Gasteiger partial charge in [-0.05, 0) is 32.4 Å². The summed E-state index contributed by atoms with van der Waals surface area (Å²) in [4.78, 5) is 18.2. The molecule has 0 spiro atoms. The van der Waals surface area contributed by atoms with E-state index in [4.69, 9.17) is 0 Å². The number of carbonyl (C=O) groups is 1. The lowest BCUT2D eigenvalue weighted by molar-refractivity contribution is 0.0474. The van der Waals surface area contributed by atoms with Crippen molar-refractivity contribution < 1.29 is 9.90 Å². The van der Waals surface area contributed by atoms with Gasteiger partial charge in [0.15, 0.2) is 0 Å². The number of aromatic nitrogens is 1. The van der Waals surface area contributed by atoms with Crippen molar-refractivity contribution >= 4 is 11.7 Å². The van der Waals surface area contributed by atoms with E-state index in [1.807, 2.05) is 13.8 Å². The Hall–Kier alpha value is -1.62. The van der Waals surface area contributed by atoms with Gasteiger partial charge in [0, 0.05) is 19.8 Å². The van der Waals surface area contributed by atoms with Crippen molar-refractivity contribution in [2.75, 3.05) is 25.5 Å². The van der Waals surface area contributed by atoms with Crippen molar-refractivity contribution in [3.05, 3.63) is 23.9 Å². The van der Waals surface area contributed by atoms with E-state index >= 15 is 0 Å². The summed E-state index contributed by atoms with van der Waals surface area (Å²) < 4.78 is 0. The molecule has 0 saturated heterocycles. The van der Waals surface area contributed by atoms with E-state index in [-0.39, 0.29) is 12.5 Å². The molecule has 0 saturated carbocycles. The molecule has 0 fully saturated rings. The highest BCUT2D eigenvalue weighted by molar-refractivity contribution is 5.99. The minimum atomic E-state index is -0.602. The Kier molecular flexibility index (Phi) is 5.30. The summed E-state index contributed by atoms with van der Waals surface area (Å²) in [5.74, 6) is 0.445. The minimum Gasteiger partial charge on any atom is -0.394 e. The second-order valence-corrected chi connectivity index (χ2v) is 5.16. The third kappa shape index (κ3) is 3.67. The molecule has 0 bridgehead atoms. The maximum atomic E-state index is 12.5. The first-order chi connectivity index (χ1) is 8.94. The van der Waals surface area contributed by atoms with Crippen LogP contribution in [-0.4, -0.2) is 46.6 Å². The number of nitrogens with zero attached hydrogens (tertiary/aromatic N) is 2. The molecule has 1 aromatic heterocycles. The van der Waals surface area contributed by atoms with Crippen molar-refractivity contribution in [3.8, 4) is 0 Å². The number of carbonyl (C=O) groups excluding carboxylic acids is 1. The maximum Gasteiger partial charge on any atom is 0.257 e. The predicted molar refractivity (Wildman–Crippen MR) is 76.3 cm³/mol. The van der Waals surface area contributed by atoms with E-state index in [1.165, 1.54) is 0 Å². The number of hydrogen-bond acceptors (Lipinski definition) is 4. The summed E-state index contributed by atoms with van der Waals surface area (Å²) in [6.07, 6.45) is 2.62. The van der Waals surface area contributed by atoms with Gasteiger partial charge >= 0.3 is 0 Å². The molecule has 1 amide bonds. The first-order valence-electron chi connectivity index (χ1n) is 6.52. The van der Waals surface area contributed by atoms with Crippen LogP contribution < -0.4 is 5.32 Å². The van der Waals surface area contributed by atoms with Gasteiger partial charge in [-0.15, -0.1) is 0 Å². The molecule has 2 N–H and O–H groups in total. The summed E-state index contributed by atoms with van der Waals surface area (Å²) in [6, 6.07) is 3.49. The Balaban J connectivity index is 2.99. The van der Waals surface area contributed by atoms with Crippen LogP contribution in [-0.2, 0) is 0 Å². The van der Waals surface area contributed by atoms with Crippen molar-refractivity contribution in [3.63, 3.8) is 0 Å². The number of anilines is 1. The zero-order valence-corrected chi connectivity index (χ0v) is 12.1. The average molecular weight is 265 g/mol. The van der Waals surface area contributed by atoms with Gasteiger partial charge in [-0.3, -0.25) is 4.79 Å². The van der Waals surface area contributed by atoms with Gasteiger partial charge in [0.2, 0.25) is 0 Å². The topological polar surface area (TPSA) is 65.5 Å². The molecule has 0 atom stereocenters. The second kappa shape index (κ2) is 6.52. The molecule has 1 aromatic rings. The Morgan fingerprint density at radius 2 is 2.21 bits per heavy atom. The molecule has 0 unspecified atom stereocenters. The van der Waals surface area contributed by atoms with Gasteiger partial charge in [-0.25, -0.2) is 4.98 Å². The first kappa shape index (κ1) is 15.4. The lowest BCUT2D eigenvalue weighted by atomic mass is 10.0. The smallest absolute Gasteiger partial charge is 0.257 e. The van der Waals surface area contributed by atoms with Crippen molar-refractivity contribution in [2.24, 2.45) is 0 Å². The zero-order chi connectivity index (χ0) is 14.5. The molecule has 5 nitrogen and oxygen atoms in total. The van der Waals surface area contributed by atoms with E-state index in [0.29, 0.717) is 11.4 Å². The molecule has 19 heavy (non-hydrogen) atoms. The molecule has 5 heteroatoms. The van der Waals surface area contributed by atoms with Gasteiger partial charge < -0.3 is 15.3 Å². The Bertz CT molecular complexity index is 432. The summed E-state index contributed by atoms with van der Waals surface area (Å²) in [6.45, 7) is 6.37. The van der Waals surface area contributed by atoms with Gasteiger partial charge in [-0.1, -0.05) is 6.92 Å². The molecule has 0 aliphatic carbocycles. The zero-order valence-electron chi connectivity index (χ0n) is 12.1. The average Bonchev–Trinajstić information content (AvgIpc) is 2.43. The van der Waals surface area contributed by atoms with Gasteiger partial charge in [0.25, 0.3) is 5.91 Å². The summed E-state index contributed by atoms with van der Waals surface area (Å²) in [5.41, 5.74) is -0.0745. The number of rotatable bonds is 6. The lowest BCUT2D eigenvalue weighted by Gasteiger charge is -2.34. The molecule has 0 aliphatic heterocycles. The monoisotopic (exact) mass is 265 g/mol. The fourth-order valence-corrected chi connectivity index (χ4v) is 1.52. The molecular formula is C14H23N3O2. The fraction of sp³-hybridized carbons (Fsp3) is 0.571. The summed E-state index contributed by atoms with van der Waals surface area (Å²) >= 11 is 0. The van der Waals surface area contributed by atoms with E-state index in [0.717, 1.165) is 13.0 Å². The van der Waals surface area contributed by atoms with Crippen molar-refractivity contribution in [1.82, 2.24) is 9.88 Å². The molecule has 0 aliphatic rings. The second-order valence-electron chi connectivity index (χ2n) is 5.16. The largest absolute Gasteiger partial charge is 0.394 e. The normalized spacial score (nSPS) is 11.2. The highest BCUT2D eigenvalue weighted by atomic mass is 16.3. The van der Waals surface area contributed by atoms with E-state index in [9.17, 15) is 9.90 Å². The lowest BCUT2D eigenvalue weighted by Crippen LogP contribution is -2.47. The van der Waals surface area contributed by atoms with Crippen LogP contribution in [0.1, 0.15) is 37.6 Å². The number of aliphatic hydroxyl groups excluding tert-OH is 1. The highest BCUT2D eigenvalue weighted by Crippen LogP contribution is 2.19. The van der Waals surface area contributed by atoms with Crippen molar-refractivity contribution in [2.45, 2.75) is 32.7 Å². The molecule has 1 rings (SSSR count). The van der Waals surface area contributed by atoms with Crippen molar-refractivity contribution in [1.29, 1.82) is 0 Å². The predicted octanol–water partition coefficient (Wildman–Crippen LogP) is 1.75. The summed E-state index contributed by atoms with van der Waals surface area (Å²) in [5, 5.41) is 12.5. The molecule has 0 radical (unpaired) electrons. The number of hydrogen-bond donors (Lipinski definition) is 2. The molecule has 0 aromatic carbocycles. The fourth-order valence-electron chi connectivity index (χ4n) is 1.52. The van der Waals surface area contributed by atoms with Crippen LogP contribution in [0.2, 0.25) is 0 Å². The third-order valence-electron chi connectivity index (χ3n) is 3.18. The van der Waals surface area contributed by atoms with Crippen LogP contribution in [0.25, 0.3) is 0 Å². The number of likely N-dealkylation sites (N-methyl/N-ethyl adjacent to an activating group) is 1.